The third kappa shape index (κ3) is 4.67. The molecule has 0 amide bonds. The van der Waals surface area contributed by atoms with Crippen LogP contribution in [0.25, 0.3) is 17.2 Å². The summed E-state index contributed by atoms with van der Waals surface area (Å²) in [5.74, 6) is 2.02. The van der Waals surface area contributed by atoms with Crippen LogP contribution in [0.5, 0.6) is 0 Å². The van der Waals surface area contributed by atoms with Crippen molar-refractivity contribution >= 4 is 40.5 Å². The molecule has 0 saturated heterocycles. The smallest absolute Gasteiger partial charge is 0.186 e. The number of Topliss-reactive ketones (excluding diaryl/α,β-unsaturated/α-hetero) is 1. The highest BCUT2D eigenvalue weighted by atomic mass is 31.2. The van der Waals surface area contributed by atoms with Crippen LogP contribution in [0.1, 0.15) is 15.9 Å². The third-order valence-electron chi connectivity index (χ3n) is 6.43. The van der Waals surface area contributed by atoms with Crippen molar-refractivity contribution in [1.82, 2.24) is 0 Å². The van der Waals surface area contributed by atoms with Gasteiger partial charge in [-0.15, -0.1) is 0 Å². The SMILES string of the molecule is C=Cc1ccc(-c2cccc(C(=O)C=P(c3ccccc3)(c3ccccc3)c3ccccc3)c2)cc1. The zero-order chi connectivity index (χ0) is 24.8. The first-order chi connectivity index (χ1) is 17.7. The second kappa shape index (κ2) is 10.6. The minimum Gasteiger partial charge on any atom is -0.289 e. The fourth-order valence-electron chi connectivity index (χ4n) is 4.57. The molecular formula is C34H27OP. The van der Waals surface area contributed by atoms with Crippen LogP contribution in [0.2, 0.25) is 0 Å². The van der Waals surface area contributed by atoms with Crippen molar-refractivity contribution in [2.24, 2.45) is 0 Å². The summed E-state index contributed by atoms with van der Waals surface area (Å²) < 4.78 is 0. The molecule has 0 aliphatic heterocycles. The Bertz CT molecular complexity index is 1430. The lowest BCUT2D eigenvalue weighted by Crippen LogP contribution is -2.28. The van der Waals surface area contributed by atoms with Crippen LogP contribution in [-0.2, 0) is 0 Å². The van der Waals surface area contributed by atoms with Gasteiger partial charge >= 0.3 is 0 Å². The second-order valence-corrected chi connectivity index (χ2v) is 11.9. The lowest BCUT2D eigenvalue weighted by Gasteiger charge is -2.28. The van der Waals surface area contributed by atoms with E-state index in [9.17, 15) is 4.79 Å². The topological polar surface area (TPSA) is 17.1 Å². The number of carbonyl (C=O) groups excluding carboxylic acids is 1. The minimum absolute atomic E-state index is 0.0319. The van der Waals surface area contributed by atoms with Gasteiger partial charge in [0, 0.05) is 5.56 Å². The Labute approximate surface area is 213 Å². The van der Waals surface area contributed by atoms with Gasteiger partial charge in [-0.25, -0.2) is 0 Å². The van der Waals surface area contributed by atoms with E-state index in [-0.39, 0.29) is 5.78 Å². The lowest BCUT2D eigenvalue weighted by atomic mass is 10.0. The highest BCUT2D eigenvalue weighted by molar-refractivity contribution is 7.95. The van der Waals surface area contributed by atoms with Crippen molar-refractivity contribution in [3.63, 3.8) is 0 Å². The maximum absolute atomic E-state index is 14.0. The van der Waals surface area contributed by atoms with E-state index in [1.807, 2.05) is 66.5 Å². The number of ketones is 1. The molecule has 36 heavy (non-hydrogen) atoms. The monoisotopic (exact) mass is 482 g/mol. The molecular weight excluding hydrogens is 455 g/mol. The molecule has 0 spiro atoms. The Morgan fingerprint density at radius 1 is 0.556 bits per heavy atom. The second-order valence-electron chi connectivity index (χ2n) is 8.63. The van der Waals surface area contributed by atoms with E-state index in [0.717, 1.165) is 32.6 Å². The van der Waals surface area contributed by atoms with Crippen LogP contribution < -0.4 is 15.9 Å². The molecule has 0 N–H and O–H groups in total. The van der Waals surface area contributed by atoms with Gasteiger partial charge in [-0.2, -0.15) is 0 Å². The summed E-state index contributed by atoms with van der Waals surface area (Å²) in [4.78, 5) is 14.0. The molecule has 0 unspecified atom stereocenters. The summed E-state index contributed by atoms with van der Waals surface area (Å²) >= 11 is 0. The summed E-state index contributed by atoms with van der Waals surface area (Å²) in [5.41, 5.74) is 3.85. The predicted octanol–water partition coefficient (Wildman–Crippen LogP) is 6.98. The van der Waals surface area contributed by atoms with Gasteiger partial charge in [0.05, 0.1) is 0 Å². The molecule has 1 nitrogen and oxygen atoms in total. The van der Waals surface area contributed by atoms with Crippen molar-refractivity contribution < 1.29 is 4.79 Å². The fraction of sp³-hybridized carbons (Fsp3) is 0. The Morgan fingerprint density at radius 3 is 1.53 bits per heavy atom. The molecule has 0 fully saturated rings. The van der Waals surface area contributed by atoms with Gasteiger partial charge in [-0.3, -0.25) is 4.79 Å². The predicted molar refractivity (Wildman–Crippen MR) is 158 cm³/mol. The van der Waals surface area contributed by atoms with Gasteiger partial charge in [0.2, 0.25) is 0 Å². The van der Waals surface area contributed by atoms with Gasteiger partial charge in [0.25, 0.3) is 0 Å². The van der Waals surface area contributed by atoms with E-state index in [4.69, 9.17) is 0 Å². The molecule has 0 aliphatic rings. The molecule has 5 aromatic carbocycles. The minimum atomic E-state index is -2.36. The molecule has 0 bridgehead atoms. The quantitative estimate of drug-likeness (QED) is 0.181. The van der Waals surface area contributed by atoms with Crippen LogP contribution >= 0.6 is 6.89 Å². The number of rotatable bonds is 7. The molecule has 0 aromatic heterocycles. The van der Waals surface area contributed by atoms with E-state index in [2.05, 4.69) is 91.5 Å². The summed E-state index contributed by atoms with van der Waals surface area (Å²) in [6, 6.07) is 47.5. The van der Waals surface area contributed by atoms with Crippen LogP contribution in [0.4, 0.5) is 0 Å². The van der Waals surface area contributed by atoms with Gasteiger partial charge in [-0.05, 0) is 51.4 Å². The number of hydrogen-bond acceptors (Lipinski definition) is 1. The zero-order valence-corrected chi connectivity index (χ0v) is 20.9. The average Bonchev–Trinajstić information content (AvgIpc) is 2.97. The summed E-state index contributed by atoms with van der Waals surface area (Å²) in [5, 5.41) is 3.48. The van der Waals surface area contributed by atoms with Crippen molar-refractivity contribution in [2.45, 2.75) is 0 Å². The van der Waals surface area contributed by atoms with E-state index >= 15 is 0 Å². The molecule has 2 heteroatoms. The molecule has 0 saturated carbocycles. The lowest BCUT2D eigenvalue weighted by molar-refractivity contribution is 0.107. The van der Waals surface area contributed by atoms with Crippen molar-refractivity contribution in [2.75, 3.05) is 0 Å². The summed E-state index contributed by atoms with van der Waals surface area (Å²) in [6.45, 7) is 1.48. The molecule has 5 aromatic rings. The fourth-order valence-corrected chi connectivity index (χ4v) is 8.34. The van der Waals surface area contributed by atoms with Gasteiger partial charge in [0.15, 0.2) is 5.78 Å². The van der Waals surface area contributed by atoms with Crippen LogP contribution in [-0.4, -0.2) is 11.6 Å². The first-order valence-electron chi connectivity index (χ1n) is 12.0. The first kappa shape index (κ1) is 23.5. The van der Waals surface area contributed by atoms with Crippen molar-refractivity contribution in [3.8, 4) is 11.1 Å². The number of carbonyl (C=O) groups is 1. The van der Waals surface area contributed by atoms with E-state index < -0.39 is 6.89 Å². The Hall–Kier alpha value is -4.19. The number of benzene rings is 5. The maximum Gasteiger partial charge on any atom is 0.186 e. The Balaban J connectivity index is 1.71. The molecule has 174 valence electrons. The molecule has 0 heterocycles. The molecule has 0 atom stereocenters. The van der Waals surface area contributed by atoms with Crippen LogP contribution in [0.3, 0.4) is 0 Å². The third-order valence-corrected chi connectivity index (χ3v) is 10.4. The van der Waals surface area contributed by atoms with Crippen molar-refractivity contribution in [3.05, 3.63) is 157 Å². The zero-order valence-electron chi connectivity index (χ0n) is 20.0. The normalized spacial score (nSPS) is 11.0. The van der Waals surface area contributed by atoms with Gasteiger partial charge in [0.1, 0.15) is 0 Å². The Morgan fingerprint density at radius 2 is 1.06 bits per heavy atom. The standard InChI is InChI=1S/C34H27OP/c1-2-27-21-23-28(24-22-27)29-13-12-14-30(25-29)34(35)26-36(31-15-6-3-7-16-31,32-17-8-4-9-18-32)33-19-10-5-11-20-33/h2-26H,1H2. The molecule has 0 radical (unpaired) electrons. The first-order valence-corrected chi connectivity index (χ1v) is 13.9. The highest BCUT2D eigenvalue weighted by Gasteiger charge is 2.26. The van der Waals surface area contributed by atoms with E-state index in [1.165, 1.54) is 0 Å². The van der Waals surface area contributed by atoms with Gasteiger partial charge < -0.3 is 0 Å². The van der Waals surface area contributed by atoms with E-state index in [1.54, 1.807) is 0 Å². The average molecular weight is 483 g/mol. The number of hydrogen-bond donors (Lipinski definition) is 0. The van der Waals surface area contributed by atoms with Crippen LogP contribution in [0, 0.1) is 0 Å². The highest BCUT2D eigenvalue weighted by Crippen LogP contribution is 2.43. The summed E-state index contributed by atoms with van der Waals surface area (Å²) in [6.07, 6.45) is 1.83. The largest absolute Gasteiger partial charge is 0.289 e. The molecule has 0 aliphatic carbocycles. The molecule has 5 rings (SSSR count). The van der Waals surface area contributed by atoms with Crippen molar-refractivity contribution in [1.29, 1.82) is 0 Å². The Kier molecular flexibility index (Phi) is 6.94. The maximum atomic E-state index is 14.0. The van der Waals surface area contributed by atoms with Crippen LogP contribution in [0.15, 0.2) is 146 Å². The van der Waals surface area contributed by atoms with E-state index in [0.29, 0.717) is 5.56 Å². The summed E-state index contributed by atoms with van der Waals surface area (Å²) in [7, 11) is 0. The van der Waals surface area contributed by atoms with Gasteiger partial charge in [-0.1, -0.05) is 146 Å².